The van der Waals surface area contributed by atoms with Gasteiger partial charge in [0.25, 0.3) is 6.43 Å². The van der Waals surface area contributed by atoms with E-state index in [4.69, 9.17) is 0 Å². The highest BCUT2D eigenvalue weighted by atomic mass is 28.3. The van der Waals surface area contributed by atoms with Crippen LogP contribution in [0.1, 0.15) is 17.6 Å². The third kappa shape index (κ3) is 4.26. The molecule has 0 saturated heterocycles. The number of hydrogen-bond acceptors (Lipinski definition) is 0. The van der Waals surface area contributed by atoms with E-state index in [2.05, 4.69) is 31.1 Å². The van der Waals surface area contributed by atoms with Gasteiger partial charge in [-0.2, -0.15) is 0 Å². The van der Waals surface area contributed by atoms with Crippen molar-refractivity contribution in [3.8, 4) is 11.5 Å². The molecule has 0 radical (unpaired) electrons. The Kier molecular flexibility index (Phi) is 3.65. The maximum atomic E-state index is 12.4. The normalized spacial score (nSPS) is 11.1. The van der Waals surface area contributed by atoms with Crippen LogP contribution in [0.3, 0.4) is 0 Å². The lowest BCUT2D eigenvalue weighted by Crippen LogP contribution is -2.16. The molecule has 0 aliphatic rings. The zero-order valence-corrected chi connectivity index (χ0v) is 10.1. The zero-order valence-electron chi connectivity index (χ0n) is 9.14. The molecule has 0 N–H and O–H groups in total. The number of benzene rings is 1. The van der Waals surface area contributed by atoms with Crippen molar-refractivity contribution in [1.82, 2.24) is 0 Å². The molecule has 0 nitrogen and oxygen atoms in total. The van der Waals surface area contributed by atoms with Crippen LogP contribution >= 0.6 is 0 Å². The molecule has 0 unspecified atom stereocenters. The molecule has 15 heavy (non-hydrogen) atoms. The van der Waals surface area contributed by atoms with Crippen LogP contribution in [0.4, 0.5) is 8.78 Å². The van der Waals surface area contributed by atoms with Crippen LogP contribution in [0.25, 0.3) is 0 Å². The Bertz CT molecular complexity index is 394. The van der Waals surface area contributed by atoms with Gasteiger partial charge in [-0.25, -0.2) is 8.78 Å². The summed E-state index contributed by atoms with van der Waals surface area (Å²) in [5, 5.41) is 0. The first kappa shape index (κ1) is 11.9. The summed E-state index contributed by atoms with van der Waals surface area (Å²) in [5.41, 5.74) is 3.86. The standard InChI is InChI=1S/C12H14F2Si/c1-15(2,3)8-7-10-5-4-6-11(9-10)12(13)14/h4-6,9,12H,1-3H3. The van der Waals surface area contributed by atoms with Gasteiger partial charge in [-0.1, -0.05) is 37.7 Å². The van der Waals surface area contributed by atoms with Crippen molar-refractivity contribution in [2.45, 2.75) is 26.1 Å². The Morgan fingerprint density at radius 2 is 1.87 bits per heavy atom. The number of hydrogen-bond donors (Lipinski definition) is 0. The number of halogens is 2. The molecule has 0 bridgehead atoms. The van der Waals surface area contributed by atoms with E-state index in [1.165, 1.54) is 12.1 Å². The highest BCUT2D eigenvalue weighted by molar-refractivity contribution is 6.83. The highest BCUT2D eigenvalue weighted by Gasteiger charge is 2.08. The van der Waals surface area contributed by atoms with E-state index in [-0.39, 0.29) is 5.56 Å². The van der Waals surface area contributed by atoms with E-state index in [1.807, 2.05) is 0 Å². The van der Waals surface area contributed by atoms with Gasteiger partial charge in [-0.05, 0) is 12.1 Å². The van der Waals surface area contributed by atoms with Crippen molar-refractivity contribution in [2.75, 3.05) is 0 Å². The zero-order chi connectivity index (χ0) is 11.5. The molecule has 1 aromatic rings. The predicted octanol–water partition coefficient (Wildman–Crippen LogP) is 3.85. The Balaban J connectivity index is 2.95. The summed E-state index contributed by atoms with van der Waals surface area (Å²) < 4.78 is 24.8. The summed E-state index contributed by atoms with van der Waals surface area (Å²) in [6.45, 7) is 6.37. The lowest BCUT2D eigenvalue weighted by atomic mass is 10.1. The fraction of sp³-hybridized carbons (Fsp3) is 0.333. The Morgan fingerprint density at radius 3 is 2.40 bits per heavy atom. The van der Waals surface area contributed by atoms with Crippen molar-refractivity contribution in [2.24, 2.45) is 0 Å². The molecule has 1 aromatic carbocycles. The van der Waals surface area contributed by atoms with Crippen LogP contribution in [0.2, 0.25) is 19.6 Å². The molecule has 1 rings (SSSR count). The molecule has 3 heteroatoms. The van der Waals surface area contributed by atoms with Crippen molar-refractivity contribution in [3.63, 3.8) is 0 Å². The smallest absolute Gasteiger partial charge is 0.205 e. The van der Waals surface area contributed by atoms with E-state index in [0.717, 1.165) is 0 Å². The largest absolute Gasteiger partial charge is 0.263 e. The molecule has 0 fully saturated rings. The number of rotatable bonds is 1. The summed E-state index contributed by atoms with van der Waals surface area (Å²) >= 11 is 0. The first-order chi connectivity index (χ1) is 6.88. The minimum atomic E-state index is -2.42. The fourth-order valence-corrected chi connectivity index (χ4v) is 1.53. The summed E-state index contributed by atoms with van der Waals surface area (Å²) in [6.07, 6.45) is -2.42. The highest BCUT2D eigenvalue weighted by Crippen LogP contribution is 2.19. The summed E-state index contributed by atoms with van der Waals surface area (Å²) in [5.74, 6) is 2.96. The summed E-state index contributed by atoms with van der Waals surface area (Å²) in [4.78, 5) is 0. The van der Waals surface area contributed by atoms with Gasteiger partial charge in [-0.3, -0.25) is 0 Å². The molecule has 80 valence electrons. The van der Waals surface area contributed by atoms with Crippen LogP contribution in [0.15, 0.2) is 24.3 Å². The summed E-state index contributed by atoms with van der Waals surface area (Å²) in [6, 6.07) is 6.26. The third-order valence-electron chi connectivity index (χ3n) is 1.72. The van der Waals surface area contributed by atoms with Gasteiger partial charge in [0.2, 0.25) is 0 Å². The lowest BCUT2D eigenvalue weighted by molar-refractivity contribution is 0.151. The molecule has 0 spiro atoms. The molecule has 0 atom stereocenters. The molecule has 0 heterocycles. The van der Waals surface area contributed by atoms with Crippen molar-refractivity contribution in [3.05, 3.63) is 35.4 Å². The molecule has 0 aliphatic heterocycles. The van der Waals surface area contributed by atoms with Gasteiger partial charge in [0.15, 0.2) is 0 Å². The number of alkyl halides is 2. The van der Waals surface area contributed by atoms with Gasteiger partial charge in [0.1, 0.15) is 8.07 Å². The van der Waals surface area contributed by atoms with E-state index >= 15 is 0 Å². The first-order valence-electron chi connectivity index (χ1n) is 4.80. The van der Waals surface area contributed by atoms with Crippen LogP contribution < -0.4 is 0 Å². The van der Waals surface area contributed by atoms with E-state index in [1.54, 1.807) is 12.1 Å². The van der Waals surface area contributed by atoms with Crippen molar-refractivity contribution >= 4 is 8.07 Å². The van der Waals surface area contributed by atoms with Crippen LogP contribution in [-0.2, 0) is 0 Å². The molecular weight excluding hydrogens is 210 g/mol. The summed E-state index contributed by atoms with van der Waals surface area (Å²) in [7, 11) is -1.43. The second-order valence-electron chi connectivity index (χ2n) is 4.43. The lowest BCUT2D eigenvalue weighted by Gasteiger charge is -2.04. The molecule has 0 aliphatic carbocycles. The average Bonchev–Trinajstić information content (AvgIpc) is 2.14. The SMILES string of the molecule is C[Si](C)(C)C#Cc1cccc(C(F)F)c1. The third-order valence-corrected chi connectivity index (χ3v) is 2.60. The molecule has 0 aromatic heterocycles. The maximum absolute atomic E-state index is 12.4. The van der Waals surface area contributed by atoms with Gasteiger partial charge < -0.3 is 0 Å². The Hall–Kier alpha value is -1.14. The molecule has 0 saturated carbocycles. The second-order valence-corrected chi connectivity index (χ2v) is 9.18. The topological polar surface area (TPSA) is 0 Å². The van der Waals surface area contributed by atoms with Gasteiger partial charge >= 0.3 is 0 Å². The quantitative estimate of drug-likeness (QED) is 0.502. The first-order valence-corrected chi connectivity index (χ1v) is 8.30. The predicted molar refractivity (Wildman–Crippen MR) is 61.6 cm³/mol. The van der Waals surface area contributed by atoms with Crippen molar-refractivity contribution in [1.29, 1.82) is 0 Å². The van der Waals surface area contributed by atoms with Crippen LogP contribution in [-0.4, -0.2) is 8.07 Å². The van der Waals surface area contributed by atoms with E-state index in [9.17, 15) is 8.78 Å². The molecule has 0 amide bonds. The van der Waals surface area contributed by atoms with Gasteiger partial charge in [0.05, 0.1) is 0 Å². The van der Waals surface area contributed by atoms with Crippen LogP contribution in [0.5, 0.6) is 0 Å². The fourth-order valence-electron chi connectivity index (χ4n) is 1.01. The van der Waals surface area contributed by atoms with Gasteiger partial charge in [0, 0.05) is 11.1 Å². The average molecular weight is 224 g/mol. The Labute approximate surface area is 90.3 Å². The maximum Gasteiger partial charge on any atom is 0.263 e. The van der Waals surface area contributed by atoms with E-state index in [0.29, 0.717) is 5.56 Å². The van der Waals surface area contributed by atoms with E-state index < -0.39 is 14.5 Å². The minimum absolute atomic E-state index is 0.0392. The van der Waals surface area contributed by atoms with Gasteiger partial charge in [-0.15, -0.1) is 5.54 Å². The van der Waals surface area contributed by atoms with Crippen LogP contribution in [0, 0.1) is 11.5 Å². The molecular formula is C12H14F2Si. The Morgan fingerprint density at radius 1 is 1.20 bits per heavy atom. The monoisotopic (exact) mass is 224 g/mol. The van der Waals surface area contributed by atoms with Crippen molar-refractivity contribution < 1.29 is 8.78 Å². The second kappa shape index (κ2) is 4.58. The minimum Gasteiger partial charge on any atom is -0.205 e.